The van der Waals surface area contributed by atoms with E-state index in [1.807, 2.05) is 6.07 Å². The average molecular weight is 376 g/mol. The molecule has 0 aliphatic carbocycles. The van der Waals surface area contributed by atoms with Crippen molar-refractivity contribution in [3.8, 4) is 0 Å². The van der Waals surface area contributed by atoms with Crippen molar-refractivity contribution in [2.24, 2.45) is 0 Å². The Kier molecular flexibility index (Phi) is 4.29. The lowest BCUT2D eigenvalue weighted by atomic mass is 10.2. The summed E-state index contributed by atoms with van der Waals surface area (Å²) in [5, 5.41) is 4.19. The lowest BCUT2D eigenvalue weighted by Gasteiger charge is -2.26. The molecule has 136 valence electrons. The lowest BCUT2D eigenvalue weighted by Crippen LogP contribution is -2.41. The van der Waals surface area contributed by atoms with Gasteiger partial charge in [-0.1, -0.05) is 0 Å². The number of hydrogen-bond donors (Lipinski definition) is 1. The van der Waals surface area contributed by atoms with Gasteiger partial charge in [0.2, 0.25) is 10.0 Å². The third kappa shape index (κ3) is 3.13. The van der Waals surface area contributed by atoms with Crippen LogP contribution in [-0.4, -0.2) is 47.1 Å². The molecule has 1 N–H and O–H groups in total. The van der Waals surface area contributed by atoms with Crippen LogP contribution in [0.3, 0.4) is 0 Å². The van der Waals surface area contributed by atoms with Crippen LogP contribution in [0.1, 0.15) is 12.8 Å². The Bertz CT molecular complexity index is 1020. The Morgan fingerprint density at radius 3 is 2.81 bits per heavy atom. The first-order chi connectivity index (χ1) is 12.5. The molecule has 3 heterocycles. The van der Waals surface area contributed by atoms with Crippen LogP contribution >= 0.6 is 0 Å². The molecule has 10 heteroatoms. The molecule has 2 aromatic heterocycles. The molecule has 0 radical (unpaired) electrons. The van der Waals surface area contributed by atoms with E-state index < -0.39 is 15.8 Å². The summed E-state index contributed by atoms with van der Waals surface area (Å²) in [6.45, 7) is 1.04. The van der Waals surface area contributed by atoms with Crippen molar-refractivity contribution >= 4 is 21.6 Å². The molecular weight excluding hydrogens is 359 g/mol. The molecule has 0 amide bonds. The minimum absolute atomic E-state index is 0.0139. The van der Waals surface area contributed by atoms with E-state index in [0.717, 1.165) is 37.3 Å². The molecule has 8 nitrogen and oxygen atoms in total. The van der Waals surface area contributed by atoms with Crippen molar-refractivity contribution in [3.05, 3.63) is 48.7 Å². The van der Waals surface area contributed by atoms with Gasteiger partial charge in [0.1, 0.15) is 18.0 Å². The first-order valence-corrected chi connectivity index (χ1v) is 9.69. The fraction of sp³-hybridized carbons (Fsp3) is 0.312. The molecule has 26 heavy (non-hydrogen) atoms. The second-order valence-corrected chi connectivity index (χ2v) is 7.84. The predicted octanol–water partition coefficient (Wildman–Crippen LogP) is 1.21. The Balaban J connectivity index is 1.52. The monoisotopic (exact) mass is 376 g/mol. The highest BCUT2D eigenvalue weighted by Crippen LogP contribution is 2.25. The second-order valence-electron chi connectivity index (χ2n) is 6.07. The molecule has 4 rings (SSSR count). The highest BCUT2D eigenvalue weighted by Gasteiger charge is 2.28. The van der Waals surface area contributed by atoms with Crippen molar-refractivity contribution in [3.63, 3.8) is 0 Å². The normalized spacial score (nSPS) is 17.9. The van der Waals surface area contributed by atoms with Gasteiger partial charge in [-0.25, -0.2) is 22.5 Å². The van der Waals surface area contributed by atoms with Gasteiger partial charge >= 0.3 is 0 Å². The summed E-state index contributed by atoms with van der Waals surface area (Å²) < 4.78 is 42.1. The number of nitrogens with zero attached hydrogens (tertiary/aromatic N) is 5. The molecule has 1 atom stereocenters. The summed E-state index contributed by atoms with van der Waals surface area (Å²) in [6.07, 6.45) is 4.90. The van der Waals surface area contributed by atoms with Crippen LogP contribution in [0.4, 0.5) is 10.2 Å². The van der Waals surface area contributed by atoms with E-state index in [4.69, 9.17) is 0 Å². The number of sulfonamides is 1. The second kappa shape index (κ2) is 6.61. The molecule has 1 fully saturated rings. The van der Waals surface area contributed by atoms with Crippen LogP contribution in [0.25, 0.3) is 5.78 Å². The summed E-state index contributed by atoms with van der Waals surface area (Å²) in [6, 6.07) is 6.61. The first kappa shape index (κ1) is 16.9. The molecule has 3 aromatic rings. The minimum Gasteiger partial charge on any atom is -0.352 e. The number of rotatable bonds is 5. The van der Waals surface area contributed by atoms with Crippen molar-refractivity contribution < 1.29 is 12.8 Å². The number of halogens is 1. The number of anilines is 1. The average Bonchev–Trinajstić information content (AvgIpc) is 3.29. The molecule has 1 unspecified atom stereocenters. The largest absolute Gasteiger partial charge is 0.352 e. The molecule has 1 aromatic carbocycles. The van der Waals surface area contributed by atoms with Gasteiger partial charge in [0.25, 0.3) is 5.78 Å². The quantitative estimate of drug-likeness (QED) is 0.720. The number of hydrogen-bond acceptors (Lipinski definition) is 6. The zero-order valence-corrected chi connectivity index (χ0v) is 14.6. The molecule has 1 aliphatic heterocycles. The Morgan fingerprint density at radius 1 is 1.19 bits per heavy atom. The smallest absolute Gasteiger partial charge is 0.254 e. The fourth-order valence-electron chi connectivity index (χ4n) is 3.20. The van der Waals surface area contributed by atoms with E-state index in [1.165, 1.54) is 18.5 Å². The SMILES string of the molecule is O=S(=O)(NCC1CCCN1c1ccnc2ncnn12)c1ccc(F)cc1. The Hall–Kier alpha value is -2.59. The van der Waals surface area contributed by atoms with E-state index in [1.54, 1.807) is 10.7 Å². The summed E-state index contributed by atoms with van der Waals surface area (Å²) in [7, 11) is -3.69. The lowest BCUT2D eigenvalue weighted by molar-refractivity contribution is 0.565. The van der Waals surface area contributed by atoms with Crippen LogP contribution in [0.15, 0.2) is 47.8 Å². The number of aromatic nitrogens is 4. The van der Waals surface area contributed by atoms with Gasteiger partial charge in [-0.15, -0.1) is 0 Å². The molecule has 1 saturated heterocycles. The van der Waals surface area contributed by atoms with Gasteiger partial charge in [0, 0.05) is 25.3 Å². The van der Waals surface area contributed by atoms with E-state index in [2.05, 4.69) is 24.7 Å². The van der Waals surface area contributed by atoms with Gasteiger partial charge < -0.3 is 4.90 Å². The van der Waals surface area contributed by atoms with Crippen LogP contribution in [-0.2, 0) is 10.0 Å². The van der Waals surface area contributed by atoms with E-state index in [0.29, 0.717) is 5.78 Å². The van der Waals surface area contributed by atoms with Gasteiger partial charge in [-0.2, -0.15) is 14.6 Å². The third-order valence-corrected chi connectivity index (χ3v) is 5.90. The van der Waals surface area contributed by atoms with E-state index in [-0.39, 0.29) is 17.5 Å². The van der Waals surface area contributed by atoms with Crippen molar-refractivity contribution in [1.29, 1.82) is 0 Å². The molecule has 1 aliphatic rings. The number of fused-ring (bicyclic) bond motifs is 1. The Morgan fingerprint density at radius 2 is 2.00 bits per heavy atom. The van der Waals surface area contributed by atoms with Crippen molar-refractivity contribution in [2.45, 2.75) is 23.8 Å². The highest BCUT2D eigenvalue weighted by molar-refractivity contribution is 7.89. The maximum atomic E-state index is 13.0. The van der Waals surface area contributed by atoms with Crippen LogP contribution in [0, 0.1) is 5.82 Å². The van der Waals surface area contributed by atoms with Crippen molar-refractivity contribution in [1.82, 2.24) is 24.3 Å². The minimum atomic E-state index is -3.69. The summed E-state index contributed by atoms with van der Waals surface area (Å²) in [5.41, 5.74) is 0. The molecule has 0 spiro atoms. The molecular formula is C16H17FN6O2S. The fourth-order valence-corrected chi connectivity index (χ4v) is 4.27. The van der Waals surface area contributed by atoms with Crippen LogP contribution in [0.5, 0.6) is 0 Å². The zero-order chi connectivity index (χ0) is 18.1. The summed E-state index contributed by atoms with van der Waals surface area (Å²) >= 11 is 0. The standard InChI is InChI=1S/C16H17FN6O2S/c17-12-3-5-14(6-4-12)26(24,25)21-10-13-2-1-9-22(13)15-7-8-18-16-19-11-20-23(15)16/h3-8,11,13,21H,1-2,9-10H2. The Labute approximate surface area is 149 Å². The predicted molar refractivity (Wildman–Crippen MR) is 92.7 cm³/mol. The third-order valence-electron chi connectivity index (χ3n) is 4.46. The number of benzene rings is 1. The van der Waals surface area contributed by atoms with Gasteiger partial charge in [0.15, 0.2) is 0 Å². The topological polar surface area (TPSA) is 92.5 Å². The molecule has 0 bridgehead atoms. The number of nitrogens with one attached hydrogen (secondary N) is 1. The van der Waals surface area contributed by atoms with Gasteiger partial charge in [-0.05, 0) is 43.2 Å². The maximum absolute atomic E-state index is 13.0. The van der Waals surface area contributed by atoms with Crippen LogP contribution < -0.4 is 9.62 Å². The van der Waals surface area contributed by atoms with E-state index >= 15 is 0 Å². The zero-order valence-electron chi connectivity index (χ0n) is 13.8. The van der Waals surface area contributed by atoms with Crippen LogP contribution in [0.2, 0.25) is 0 Å². The molecule has 0 saturated carbocycles. The van der Waals surface area contributed by atoms with Gasteiger partial charge in [-0.3, -0.25) is 0 Å². The summed E-state index contributed by atoms with van der Waals surface area (Å²) in [4.78, 5) is 10.4. The highest BCUT2D eigenvalue weighted by atomic mass is 32.2. The maximum Gasteiger partial charge on any atom is 0.254 e. The van der Waals surface area contributed by atoms with Gasteiger partial charge in [0.05, 0.1) is 4.90 Å². The van der Waals surface area contributed by atoms with E-state index in [9.17, 15) is 12.8 Å². The first-order valence-electron chi connectivity index (χ1n) is 8.21. The summed E-state index contributed by atoms with van der Waals surface area (Å²) in [5.74, 6) is 0.858. The van der Waals surface area contributed by atoms with Crippen molar-refractivity contribution in [2.75, 3.05) is 18.0 Å².